The van der Waals surface area contributed by atoms with Crippen molar-refractivity contribution >= 4 is 23.1 Å². The standard InChI is InChI=1S/C23H27N5O/c1-17-5-4-6-19(15-17)25-23-24-18(2)16-22(26-23)28-13-11-27(12-14-28)20-7-9-21(29-3)10-8-20/h4-10,15-16H,11-14H2,1-3H3,(H,24,25,26). The fourth-order valence-corrected chi connectivity index (χ4v) is 3.61. The van der Waals surface area contributed by atoms with Gasteiger partial charge in [-0.05, 0) is 55.8 Å². The van der Waals surface area contributed by atoms with Crippen LogP contribution in [0.25, 0.3) is 0 Å². The van der Waals surface area contributed by atoms with Crippen LogP contribution in [-0.2, 0) is 0 Å². The van der Waals surface area contributed by atoms with Gasteiger partial charge in [0.25, 0.3) is 0 Å². The molecule has 0 saturated carbocycles. The number of nitrogens with one attached hydrogen (secondary N) is 1. The lowest BCUT2D eigenvalue weighted by molar-refractivity contribution is 0.415. The van der Waals surface area contributed by atoms with Crippen LogP contribution in [0.1, 0.15) is 11.3 Å². The van der Waals surface area contributed by atoms with Crippen molar-refractivity contribution in [3.63, 3.8) is 0 Å². The van der Waals surface area contributed by atoms with Crippen molar-refractivity contribution in [3.05, 3.63) is 65.9 Å². The lowest BCUT2D eigenvalue weighted by atomic mass is 10.2. The molecule has 1 aliphatic heterocycles. The number of hydrogen-bond acceptors (Lipinski definition) is 6. The Bertz CT molecular complexity index is 965. The summed E-state index contributed by atoms with van der Waals surface area (Å²) in [6, 6.07) is 18.6. The minimum absolute atomic E-state index is 0.642. The van der Waals surface area contributed by atoms with E-state index in [2.05, 4.69) is 57.4 Å². The summed E-state index contributed by atoms with van der Waals surface area (Å²) < 4.78 is 5.26. The predicted octanol–water partition coefficient (Wildman–Crippen LogP) is 4.17. The summed E-state index contributed by atoms with van der Waals surface area (Å²) in [4.78, 5) is 14.1. The van der Waals surface area contributed by atoms with Crippen LogP contribution in [0.3, 0.4) is 0 Å². The molecule has 29 heavy (non-hydrogen) atoms. The van der Waals surface area contributed by atoms with Gasteiger partial charge in [0.15, 0.2) is 0 Å². The number of nitrogens with zero attached hydrogens (tertiary/aromatic N) is 4. The molecule has 1 fully saturated rings. The van der Waals surface area contributed by atoms with Gasteiger partial charge in [0.05, 0.1) is 7.11 Å². The van der Waals surface area contributed by atoms with Gasteiger partial charge in [-0.25, -0.2) is 4.98 Å². The maximum atomic E-state index is 5.26. The molecule has 1 aliphatic rings. The van der Waals surface area contributed by atoms with E-state index < -0.39 is 0 Å². The fourth-order valence-electron chi connectivity index (χ4n) is 3.61. The molecule has 0 unspecified atom stereocenters. The Kier molecular flexibility index (Phi) is 5.51. The Morgan fingerprint density at radius 2 is 1.59 bits per heavy atom. The van der Waals surface area contributed by atoms with Crippen molar-refractivity contribution < 1.29 is 4.74 Å². The summed E-state index contributed by atoms with van der Waals surface area (Å²) >= 11 is 0. The molecule has 0 aliphatic carbocycles. The molecule has 0 spiro atoms. The van der Waals surface area contributed by atoms with E-state index in [1.807, 2.05) is 31.2 Å². The van der Waals surface area contributed by atoms with Crippen LogP contribution in [0, 0.1) is 13.8 Å². The highest BCUT2D eigenvalue weighted by molar-refractivity contribution is 5.57. The van der Waals surface area contributed by atoms with Gasteiger partial charge in [0.2, 0.25) is 5.95 Å². The zero-order valence-electron chi connectivity index (χ0n) is 17.2. The first-order chi connectivity index (χ1) is 14.1. The van der Waals surface area contributed by atoms with Gasteiger partial charge in [-0.15, -0.1) is 0 Å². The summed E-state index contributed by atoms with van der Waals surface area (Å²) in [7, 11) is 1.69. The second-order valence-corrected chi connectivity index (χ2v) is 7.36. The quantitative estimate of drug-likeness (QED) is 0.707. The predicted molar refractivity (Wildman–Crippen MR) is 119 cm³/mol. The molecule has 0 bridgehead atoms. The molecule has 4 rings (SSSR count). The molecule has 3 aromatic rings. The number of methoxy groups -OCH3 is 1. The normalized spacial score (nSPS) is 14.0. The Morgan fingerprint density at radius 3 is 2.28 bits per heavy atom. The third-order valence-corrected chi connectivity index (χ3v) is 5.16. The van der Waals surface area contributed by atoms with Crippen LogP contribution < -0.4 is 19.9 Å². The number of aromatic nitrogens is 2. The molecule has 0 amide bonds. The molecular formula is C23H27N5O. The van der Waals surface area contributed by atoms with Crippen LogP contribution >= 0.6 is 0 Å². The number of aryl methyl sites for hydroxylation is 2. The summed E-state index contributed by atoms with van der Waals surface area (Å²) in [5, 5.41) is 3.34. The maximum absolute atomic E-state index is 5.26. The van der Waals surface area contributed by atoms with Crippen molar-refractivity contribution in [3.8, 4) is 5.75 Å². The molecule has 150 valence electrons. The summed E-state index contributed by atoms with van der Waals surface area (Å²) in [6.07, 6.45) is 0. The Hall–Kier alpha value is -3.28. The minimum atomic E-state index is 0.642. The van der Waals surface area contributed by atoms with E-state index in [1.54, 1.807) is 7.11 Å². The van der Waals surface area contributed by atoms with E-state index in [0.717, 1.165) is 49.1 Å². The van der Waals surface area contributed by atoms with Gasteiger partial charge in [-0.2, -0.15) is 4.98 Å². The molecule has 1 aromatic heterocycles. The molecule has 1 saturated heterocycles. The van der Waals surface area contributed by atoms with Gasteiger partial charge in [-0.1, -0.05) is 12.1 Å². The van der Waals surface area contributed by atoms with E-state index in [1.165, 1.54) is 11.3 Å². The number of hydrogen-bond donors (Lipinski definition) is 1. The maximum Gasteiger partial charge on any atom is 0.229 e. The van der Waals surface area contributed by atoms with Crippen molar-refractivity contribution in [1.29, 1.82) is 0 Å². The average Bonchev–Trinajstić information content (AvgIpc) is 2.73. The molecule has 2 heterocycles. The largest absolute Gasteiger partial charge is 0.497 e. The van der Waals surface area contributed by atoms with Crippen LogP contribution in [0.15, 0.2) is 54.6 Å². The average molecular weight is 390 g/mol. The summed E-state index contributed by atoms with van der Waals surface area (Å²) in [6.45, 7) is 7.85. The van der Waals surface area contributed by atoms with Crippen LogP contribution in [0.4, 0.5) is 23.1 Å². The highest BCUT2D eigenvalue weighted by atomic mass is 16.5. The lowest BCUT2D eigenvalue weighted by Gasteiger charge is -2.37. The first kappa shape index (κ1) is 19.1. The summed E-state index contributed by atoms with van der Waals surface area (Å²) in [5.74, 6) is 2.50. The van der Waals surface area contributed by atoms with Crippen molar-refractivity contribution in [1.82, 2.24) is 9.97 Å². The topological polar surface area (TPSA) is 53.5 Å². The number of ether oxygens (including phenoxy) is 1. The zero-order valence-corrected chi connectivity index (χ0v) is 17.2. The summed E-state index contributed by atoms with van der Waals surface area (Å²) in [5.41, 5.74) is 4.40. The highest BCUT2D eigenvalue weighted by Crippen LogP contribution is 2.23. The van der Waals surface area contributed by atoms with Gasteiger partial charge < -0.3 is 19.9 Å². The third kappa shape index (κ3) is 4.59. The molecule has 0 atom stereocenters. The Morgan fingerprint density at radius 1 is 0.862 bits per heavy atom. The molecule has 6 heteroatoms. The molecule has 0 radical (unpaired) electrons. The van der Waals surface area contributed by atoms with E-state index in [-0.39, 0.29) is 0 Å². The number of benzene rings is 2. The monoisotopic (exact) mass is 389 g/mol. The van der Waals surface area contributed by atoms with Crippen molar-refractivity contribution in [2.24, 2.45) is 0 Å². The first-order valence-electron chi connectivity index (χ1n) is 9.94. The first-order valence-corrected chi connectivity index (χ1v) is 9.94. The lowest BCUT2D eigenvalue weighted by Crippen LogP contribution is -2.46. The third-order valence-electron chi connectivity index (χ3n) is 5.16. The number of piperazine rings is 1. The second kappa shape index (κ2) is 8.39. The van der Waals surface area contributed by atoms with E-state index >= 15 is 0 Å². The SMILES string of the molecule is COc1ccc(N2CCN(c3cc(C)nc(Nc4cccc(C)c4)n3)CC2)cc1. The highest BCUT2D eigenvalue weighted by Gasteiger charge is 2.19. The van der Waals surface area contributed by atoms with E-state index in [0.29, 0.717) is 5.95 Å². The molecule has 2 aromatic carbocycles. The smallest absolute Gasteiger partial charge is 0.229 e. The molecule has 1 N–H and O–H groups in total. The van der Waals surface area contributed by atoms with Crippen molar-refractivity contribution in [2.45, 2.75) is 13.8 Å². The Balaban J connectivity index is 1.44. The van der Waals surface area contributed by atoms with Crippen LogP contribution in [0.5, 0.6) is 5.75 Å². The second-order valence-electron chi connectivity index (χ2n) is 7.36. The Labute approximate surface area is 172 Å². The molecule has 6 nitrogen and oxygen atoms in total. The van der Waals surface area contributed by atoms with Crippen LogP contribution in [0.2, 0.25) is 0 Å². The number of rotatable bonds is 5. The van der Waals surface area contributed by atoms with Gasteiger partial charge in [0.1, 0.15) is 11.6 Å². The van der Waals surface area contributed by atoms with Gasteiger partial charge in [0, 0.05) is 49.3 Å². The van der Waals surface area contributed by atoms with Crippen molar-refractivity contribution in [2.75, 3.05) is 48.4 Å². The van der Waals surface area contributed by atoms with E-state index in [9.17, 15) is 0 Å². The zero-order chi connectivity index (χ0) is 20.2. The minimum Gasteiger partial charge on any atom is -0.497 e. The molecular weight excluding hydrogens is 362 g/mol. The van der Waals surface area contributed by atoms with Crippen LogP contribution in [-0.4, -0.2) is 43.3 Å². The van der Waals surface area contributed by atoms with E-state index in [4.69, 9.17) is 9.72 Å². The fraction of sp³-hybridized carbons (Fsp3) is 0.304. The number of anilines is 4. The van der Waals surface area contributed by atoms with Gasteiger partial charge in [-0.3, -0.25) is 0 Å². The van der Waals surface area contributed by atoms with Gasteiger partial charge >= 0.3 is 0 Å².